The van der Waals surface area contributed by atoms with Gasteiger partial charge in [0.25, 0.3) is 5.91 Å². The summed E-state index contributed by atoms with van der Waals surface area (Å²) in [5.74, 6) is 9.78. The van der Waals surface area contributed by atoms with Crippen LogP contribution in [0.4, 0.5) is 0 Å². The van der Waals surface area contributed by atoms with E-state index >= 15 is 0 Å². The van der Waals surface area contributed by atoms with Crippen LogP contribution < -0.4 is 22.5 Å². The molecule has 0 bridgehead atoms. The van der Waals surface area contributed by atoms with Crippen molar-refractivity contribution in [3.05, 3.63) is 22.3 Å². The maximum absolute atomic E-state index is 12.0. The average Bonchev–Trinajstić information content (AvgIpc) is 2.48. The van der Waals surface area contributed by atoms with Gasteiger partial charge in [0, 0.05) is 12.0 Å². The van der Waals surface area contributed by atoms with Crippen LogP contribution in [0.5, 0.6) is 0 Å². The van der Waals surface area contributed by atoms with Gasteiger partial charge in [0.1, 0.15) is 0 Å². The van der Waals surface area contributed by atoms with Gasteiger partial charge in [-0.25, -0.2) is 11.7 Å². The molecule has 2 amide bonds. The van der Waals surface area contributed by atoms with Gasteiger partial charge in [0.15, 0.2) is 0 Å². The van der Waals surface area contributed by atoms with E-state index in [4.69, 9.17) is 11.7 Å². The maximum atomic E-state index is 12.0. The molecule has 0 saturated heterocycles. The Morgan fingerprint density at radius 1 is 0.900 bits per heavy atom. The largest absolute Gasteiger partial charge is 0.294 e. The van der Waals surface area contributed by atoms with Crippen molar-refractivity contribution in [2.75, 3.05) is 0 Å². The van der Waals surface area contributed by atoms with Crippen molar-refractivity contribution in [2.24, 2.45) is 11.7 Å². The molecule has 0 rings (SSSR count). The Morgan fingerprint density at radius 3 is 1.85 bits per heavy atom. The van der Waals surface area contributed by atoms with Crippen LogP contribution in [-0.4, -0.2) is 11.8 Å². The third kappa shape index (κ3) is 5.14. The molecular formula is C14H26N4O2. The first-order valence-electron chi connectivity index (χ1n) is 6.81. The lowest BCUT2D eigenvalue weighted by Crippen LogP contribution is -2.33. The molecule has 0 aromatic rings. The first-order valence-corrected chi connectivity index (χ1v) is 6.81. The minimum atomic E-state index is -0.319. The highest BCUT2D eigenvalue weighted by molar-refractivity contribution is 5.98. The van der Waals surface area contributed by atoms with Gasteiger partial charge in [0.2, 0.25) is 5.91 Å². The van der Waals surface area contributed by atoms with E-state index in [9.17, 15) is 9.59 Å². The minimum absolute atomic E-state index is 0.238. The second kappa shape index (κ2) is 9.28. The van der Waals surface area contributed by atoms with Crippen molar-refractivity contribution in [3.63, 3.8) is 0 Å². The molecule has 6 heteroatoms. The van der Waals surface area contributed by atoms with Gasteiger partial charge in [-0.1, -0.05) is 25.0 Å². The second-order valence-electron chi connectivity index (χ2n) is 4.66. The molecule has 0 spiro atoms. The smallest absolute Gasteiger partial charge is 0.265 e. The molecule has 6 N–H and O–H groups in total. The Bertz CT molecular complexity index is 425. The Hall–Kier alpha value is -1.66. The number of carbonyl (C=O) groups excluding carboxylic acids is 2. The van der Waals surface area contributed by atoms with Gasteiger partial charge >= 0.3 is 0 Å². The zero-order chi connectivity index (χ0) is 15.7. The molecule has 0 saturated carbocycles. The van der Waals surface area contributed by atoms with Crippen LogP contribution in [0.3, 0.4) is 0 Å². The van der Waals surface area contributed by atoms with Crippen molar-refractivity contribution < 1.29 is 9.59 Å². The van der Waals surface area contributed by atoms with Crippen molar-refractivity contribution in [2.45, 2.75) is 53.4 Å². The van der Waals surface area contributed by atoms with E-state index in [0.29, 0.717) is 12.0 Å². The molecular weight excluding hydrogens is 256 g/mol. The first kappa shape index (κ1) is 18.3. The average molecular weight is 282 g/mol. The summed E-state index contributed by atoms with van der Waals surface area (Å²) < 4.78 is 0. The van der Waals surface area contributed by atoms with E-state index in [1.54, 1.807) is 0 Å². The lowest BCUT2D eigenvalue weighted by molar-refractivity contribution is -0.121. The van der Waals surface area contributed by atoms with Crippen LogP contribution in [0.2, 0.25) is 0 Å². The molecule has 0 aliphatic heterocycles. The Morgan fingerprint density at radius 2 is 1.45 bits per heavy atom. The van der Waals surface area contributed by atoms with Crippen molar-refractivity contribution in [1.29, 1.82) is 0 Å². The summed E-state index contributed by atoms with van der Waals surface area (Å²) in [5, 5.41) is 0. The molecule has 0 heterocycles. The van der Waals surface area contributed by atoms with Gasteiger partial charge in [0.05, 0.1) is 0 Å². The SMILES string of the molecule is CCC(C)=C(CCC(=O)NN)C(C(=O)NN)=C(C)CC. The monoisotopic (exact) mass is 282 g/mol. The molecule has 114 valence electrons. The quantitative estimate of drug-likeness (QED) is 0.185. The van der Waals surface area contributed by atoms with Gasteiger partial charge in [-0.3, -0.25) is 20.4 Å². The number of nitrogens with two attached hydrogens (primary N) is 2. The van der Waals surface area contributed by atoms with Gasteiger partial charge in [-0.2, -0.15) is 0 Å². The molecule has 20 heavy (non-hydrogen) atoms. The number of hydrazine groups is 2. The summed E-state index contributed by atoms with van der Waals surface area (Å²) in [6.07, 6.45) is 2.24. The molecule has 0 aromatic heterocycles. The molecule has 0 atom stereocenters. The first-order chi connectivity index (χ1) is 9.42. The van der Waals surface area contributed by atoms with Crippen molar-refractivity contribution >= 4 is 11.8 Å². The third-order valence-corrected chi connectivity index (χ3v) is 3.43. The number of hydrogen-bond acceptors (Lipinski definition) is 4. The number of rotatable bonds is 7. The summed E-state index contributed by atoms with van der Waals surface area (Å²) in [5.41, 5.74) is 7.76. The summed E-state index contributed by atoms with van der Waals surface area (Å²) in [6.45, 7) is 7.85. The van der Waals surface area contributed by atoms with Crippen molar-refractivity contribution in [1.82, 2.24) is 10.9 Å². The van der Waals surface area contributed by atoms with Crippen LogP contribution in [0.25, 0.3) is 0 Å². The summed E-state index contributed by atoms with van der Waals surface area (Å²) in [6, 6.07) is 0. The Balaban J connectivity index is 5.60. The number of nitrogens with one attached hydrogen (secondary N) is 2. The van der Waals surface area contributed by atoms with Crippen LogP contribution in [-0.2, 0) is 9.59 Å². The third-order valence-electron chi connectivity index (χ3n) is 3.43. The molecule has 0 fully saturated rings. The Labute approximate surface area is 120 Å². The highest BCUT2D eigenvalue weighted by atomic mass is 16.2. The second-order valence-corrected chi connectivity index (χ2v) is 4.66. The number of carbonyl (C=O) groups is 2. The van der Waals surface area contributed by atoms with E-state index in [1.807, 2.05) is 27.7 Å². The fourth-order valence-electron chi connectivity index (χ4n) is 1.91. The molecule has 0 aliphatic rings. The van der Waals surface area contributed by atoms with Crippen LogP contribution >= 0.6 is 0 Å². The minimum Gasteiger partial charge on any atom is -0.294 e. The van der Waals surface area contributed by atoms with E-state index in [-0.39, 0.29) is 18.2 Å². The maximum Gasteiger partial charge on any atom is 0.265 e. The van der Waals surface area contributed by atoms with Crippen LogP contribution in [0, 0.1) is 0 Å². The Kier molecular flexibility index (Phi) is 8.51. The van der Waals surface area contributed by atoms with E-state index in [0.717, 1.165) is 29.6 Å². The molecule has 0 aromatic carbocycles. The lowest BCUT2D eigenvalue weighted by Gasteiger charge is -2.17. The summed E-state index contributed by atoms with van der Waals surface area (Å²) in [7, 11) is 0. The molecule has 0 radical (unpaired) electrons. The predicted molar refractivity (Wildman–Crippen MR) is 79.9 cm³/mol. The number of allylic oxidation sites excluding steroid dienone is 2. The van der Waals surface area contributed by atoms with E-state index < -0.39 is 0 Å². The molecule has 6 nitrogen and oxygen atoms in total. The summed E-state index contributed by atoms with van der Waals surface area (Å²) >= 11 is 0. The lowest BCUT2D eigenvalue weighted by atomic mass is 9.90. The number of amides is 2. The molecule has 0 unspecified atom stereocenters. The highest BCUT2D eigenvalue weighted by Crippen LogP contribution is 2.26. The van der Waals surface area contributed by atoms with E-state index in [1.165, 1.54) is 0 Å². The number of hydrogen-bond donors (Lipinski definition) is 4. The van der Waals surface area contributed by atoms with Gasteiger partial charge < -0.3 is 0 Å². The fourth-order valence-corrected chi connectivity index (χ4v) is 1.91. The summed E-state index contributed by atoms with van der Waals surface area (Å²) in [4.78, 5) is 23.4. The predicted octanol–water partition coefficient (Wildman–Crippen LogP) is 1.20. The topological polar surface area (TPSA) is 110 Å². The van der Waals surface area contributed by atoms with Crippen molar-refractivity contribution in [3.8, 4) is 0 Å². The van der Waals surface area contributed by atoms with Crippen LogP contribution in [0.15, 0.2) is 22.3 Å². The van der Waals surface area contributed by atoms with E-state index in [2.05, 4.69) is 10.9 Å². The van der Waals surface area contributed by atoms with Gasteiger partial charge in [-0.15, -0.1) is 0 Å². The zero-order valence-corrected chi connectivity index (χ0v) is 12.8. The highest BCUT2D eigenvalue weighted by Gasteiger charge is 2.19. The zero-order valence-electron chi connectivity index (χ0n) is 12.8. The van der Waals surface area contributed by atoms with Gasteiger partial charge in [-0.05, 0) is 38.7 Å². The van der Waals surface area contributed by atoms with Crippen LogP contribution in [0.1, 0.15) is 53.4 Å². The fraction of sp³-hybridized carbons (Fsp3) is 0.571. The molecule has 0 aliphatic carbocycles. The normalized spacial score (nSPS) is 13.3. The standard InChI is InChI=1S/C14H26N4O2/c1-5-9(3)11(7-8-12(19)17-15)13(10(4)6-2)14(20)18-16/h5-8,15-16H2,1-4H3,(H,17,19)(H,18,20).